The van der Waals surface area contributed by atoms with Crippen LogP contribution in [0.5, 0.6) is 11.5 Å². The highest BCUT2D eigenvalue weighted by Gasteiger charge is 2.20. The Labute approximate surface area is 146 Å². The lowest BCUT2D eigenvalue weighted by Crippen LogP contribution is -2.28. The van der Waals surface area contributed by atoms with E-state index in [1.165, 1.54) is 0 Å². The minimum absolute atomic E-state index is 0.144. The van der Waals surface area contributed by atoms with Crippen LogP contribution in [0.15, 0.2) is 41.4 Å². The van der Waals surface area contributed by atoms with E-state index in [4.69, 9.17) is 15.2 Å². The number of aliphatic imine (C=N–C) groups is 1. The van der Waals surface area contributed by atoms with E-state index in [1.54, 1.807) is 12.1 Å². The van der Waals surface area contributed by atoms with Crippen molar-refractivity contribution >= 4 is 22.8 Å². The quantitative estimate of drug-likeness (QED) is 0.591. The van der Waals surface area contributed by atoms with Gasteiger partial charge in [-0.05, 0) is 31.0 Å². The van der Waals surface area contributed by atoms with Gasteiger partial charge in [-0.15, -0.1) is 0 Å². The van der Waals surface area contributed by atoms with E-state index in [0.29, 0.717) is 29.6 Å². The van der Waals surface area contributed by atoms with Crippen LogP contribution in [0.3, 0.4) is 0 Å². The van der Waals surface area contributed by atoms with Crippen LogP contribution < -0.4 is 15.8 Å². The Balaban J connectivity index is 1.61. The largest absolute Gasteiger partial charge is 0.507 e. The number of para-hydroxylation sites is 2. The Bertz CT molecular complexity index is 814. The van der Waals surface area contributed by atoms with Crippen LogP contribution in [-0.4, -0.2) is 36.7 Å². The van der Waals surface area contributed by atoms with Crippen LogP contribution in [0.25, 0.3) is 0 Å². The van der Waals surface area contributed by atoms with Gasteiger partial charge in [0.2, 0.25) is 0 Å². The third-order valence-electron chi connectivity index (χ3n) is 4.54. The molecule has 0 bridgehead atoms. The zero-order valence-electron chi connectivity index (χ0n) is 13.9. The summed E-state index contributed by atoms with van der Waals surface area (Å²) >= 11 is 0. The molecule has 0 aromatic heterocycles. The van der Waals surface area contributed by atoms with Gasteiger partial charge in [-0.3, -0.25) is 0 Å². The van der Waals surface area contributed by atoms with E-state index in [2.05, 4.69) is 10.3 Å². The van der Waals surface area contributed by atoms with Gasteiger partial charge in [-0.2, -0.15) is 0 Å². The molecule has 1 fully saturated rings. The van der Waals surface area contributed by atoms with Crippen molar-refractivity contribution in [1.82, 2.24) is 0 Å². The zero-order valence-corrected chi connectivity index (χ0v) is 13.9. The van der Waals surface area contributed by atoms with Gasteiger partial charge in [0.05, 0.1) is 17.1 Å². The lowest BCUT2D eigenvalue weighted by atomic mass is 10.0. The number of nitrogens with zero attached hydrogens (tertiary/aromatic N) is 1. The molecule has 2 aliphatic heterocycles. The lowest BCUT2D eigenvalue weighted by Gasteiger charge is -2.25. The Morgan fingerprint density at radius 2 is 1.96 bits per heavy atom. The molecule has 2 aromatic rings. The van der Waals surface area contributed by atoms with Gasteiger partial charge in [-0.1, -0.05) is 12.1 Å². The number of aromatic hydroxyl groups is 1. The highest BCUT2D eigenvalue weighted by Crippen LogP contribution is 2.35. The summed E-state index contributed by atoms with van der Waals surface area (Å²) in [6, 6.07) is 11.3. The SMILES string of the molecule is Nc1cc(C2=Nc3ccccc3OC2)c(O)cc1NC1CCOCC1. The zero-order chi connectivity index (χ0) is 17.2. The number of anilines is 2. The molecule has 0 saturated carbocycles. The molecule has 130 valence electrons. The standard InChI is InChI=1S/C19H21N3O3/c20-14-9-13(17-11-25-19-4-2-1-3-15(19)22-17)18(23)10-16(14)21-12-5-7-24-8-6-12/h1-4,9-10,12,21,23H,5-8,11,20H2. The Hall–Kier alpha value is -2.73. The highest BCUT2D eigenvalue weighted by atomic mass is 16.5. The molecule has 0 atom stereocenters. The van der Waals surface area contributed by atoms with Gasteiger partial charge in [0.25, 0.3) is 0 Å². The number of nitrogens with two attached hydrogens (primary N) is 1. The normalized spacial score (nSPS) is 17.4. The molecule has 2 heterocycles. The van der Waals surface area contributed by atoms with Gasteiger partial charge in [0.1, 0.15) is 23.8 Å². The van der Waals surface area contributed by atoms with Crippen molar-refractivity contribution in [3.8, 4) is 11.5 Å². The molecule has 1 saturated heterocycles. The van der Waals surface area contributed by atoms with Crippen LogP contribution in [0.4, 0.5) is 17.1 Å². The maximum absolute atomic E-state index is 10.5. The second kappa shape index (κ2) is 6.64. The van der Waals surface area contributed by atoms with E-state index >= 15 is 0 Å². The van der Waals surface area contributed by atoms with Gasteiger partial charge >= 0.3 is 0 Å². The number of hydrogen-bond acceptors (Lipinski definition) is 6. The van der Waals surface area contributed by atoms with Crippen molar-refractivity contribution in [2.75, 3.05) is 30.9 Å². The summed E-state index contributed by atoms with van der Waals surface area (Å²) in [7, 11) is 0. The van der Waals surface area contributed by atoms with Crippen LogP contribution >= 0.6 is 0 Å². The highest BCUT2D eigenvalue weighted by molar-refractivity contribution is 6.07. The fraction of sp³-hybridized carbons (Fsp3) is 0.316. The summed E-state index contributed by atoms with van der Waals surface area (Å²) < 4.78 is 11.1. The molecule has 6 nitrogen and oxygen atoms in total. The molecule has 0 spiro atoms. The number of rotatable bonds is 3. The van der Waals surface area contributed by atoms with Crippen molar-refractivity contribution < 1.29 is 14.6 Å². The molecular weight excluding hydrogens is 318 g/mol. The van der Waals surface area contributed by atoms with Crippen molar-refractivity contribution in [2.45, 2.75) is 18.9 Å². The summed E-state index contributed by atoms with van der Waals surface area (Å²) in [4.78, 5) is 4.60. The third kappa shape index (κ3) is 3.25. The summed E-state index contributed by atoms with van der Waals surface area (Å²) in [5.41, 5.74) is 9.56. The first-order valence-corrected chi connectivity index (χ1v) is 8.47. The topological polar surface area (TPSA) is 89.1 Å². The predicted octanol–water partition coefficient (Wildman–Crippen LogP) is 3.08. The van der Waals surface area contributed by atoms with Crippen LogP contribution in [0, 0.1) is 0 Å². The molecule has 2 aromatic carbocycles. The van der Waals surface area contributed by atoms with Gasteiger partial charge in [-0.25, -0.2) is 4.99 Å². The van der Waals surface area contributed by atoms with Crippen LogP contribution in [0.1, 0.15) is 18.4 Å². The monoisotopic (exact) mass is 339 g/mol. The molecule has 25 heavy (non-hydrogen) atoms. The number of ether oxygens (including phenoxy) is 2. The number of phenols is 1. The van der Waals surface area contributed by atoms with E-state index in [-0.39, 0.29) is 5.75 Å². The van der Waals surface area contributed by atoms with E-state index < -0.39 is 0 Å². The molecule has 4 rings (SSSR count). The molecule has 6 heteroatoms. The fourth-order valence-corrected chi connectivity index (χ4v) is 3.16. The van der Waals surface area contributed by atoms with Gasteiger partial charge in [0.15, 0.2) is 0 Å². The Morgan fingerprint density at radius 1 is 1.16 bits per heavy atom. The molecule has 0 radical (unpaired) electrons. The first kappa shape index (κ1) is 15.8. The molecule has 0 unspecified atom stereocenters. The molecule has 2 aliphatic rings. The van der Waals surface area contributed by atoms with Crippen molar-refractivity contribution in [1.29, 1.82) is 0 Å². The van der Waals surface area contributed by atoms with Gasteiger partial charge < -0.3 is 25.6 Å². The van der Waals surface area contributed by atoms with Crippen molar-refractivity contribution in [2.24, 2.45) is 4.99 Å². The number of nitrogen functional groups attached to an aromatic ring is 1. The second-order valence-corrected chi connectivity index (χ2v) is 6.30. The first-order chi connectivity index (χ1) is 12.2. The summed E-state index contributed by atoms with van der Waals surface area (Å²) in [6.07, 6.45) is 1.86. The maximum atomic E-state index is 10.5. The Kier molecular flexibility index (Phi) is 4.19. The number of phenolic OH excluding ortho intramolecular Hbond substituents is 1. The minimum Gasteiger partial charge on any atom is -0.507 e. The van der Waals surface area contributed by atoms with Crippen LogP contribution in [0.2, 0.25) is 0 Å². The molecule has 4 N–H and O–H groups in total. The van der Waals surface area contributed by atoms with E-state index in [0.717, 1.165) is 43.2 Å². The predicted molar refractivity (Wildman–Crippen MR) is 98.1 cm³/mol. The Morgan fingerprint density at radius 3 is 2.80 bits per heavy atom. The number of nitrogens with one attached hydrogen (secondary N) is 1. The lowest BCUT2D eigenvalue weighted by molar-refractivity contribution is 0.0904. The molecule has 0 aliphatic carbocycles. The van der Waals surface area contributed by atoms with Gasteiger partial charge in [0, 0.05) is 30.9 Å². The van der Waals surface area contributed by atoms with Crippen LogP contribution in [-0.2, 0) is 4.74 Å². The summed E-state index contributed by atoms with van der Waals surface area (Å²) in [5.74, 6) is 0.891. The number of fused-ring (bicyclic) bond motifs is 1. The summed E-state index contributed by atoms with van der Waals surface area (Å²) in [5, 5.41) is 13.9. The van der Waals surface area contributed by atoms with E-state index in [1.807, 2.05) is 24.3 Å². The minimum atomic E-state index is 0.144. The van der Waals surface area contributed by atoms with Crippen molar-refractivity contribution in [3.63, 3.8) is 0 Å². The average molecular weight is 339 g/mol. The maximum Gasteiger partial charge on any atom is 0.145 e. The second-order valence-electron chi connectivity index (χ2n) is 6.30. The third-order valence-corrected chi connectivity index (χ3v) is 4.54. The first-order valence-electron chi connectivity index (χ1n) is 8.47. The van der Waals surface area contributed by atoms with E-state index in [9.17, 15) is 5.11 Å². The average Bonchev–Trinajstić information content (AvgIpc) is 2.65. The summed E-state index contributed by atoms with van der Waals surface area (Å²) in [6.45, 7) is 1.79. The fourth-order valence-electron chi connectivity index (χ4n) is 3.16. The smallest absolute Gasteiger partial charge is 0.145 e. The number of benzene rings is 2. The number of hydrogen-bond donors (Lipinski definition) is 3. The van der Waals surface area contributed by atoms with Crippen molar-refractivity contribution in [3.05, 3.63) is 42.0 Å². The molecule has 0 amide bonds. The molecular formula is C19H21N3O3.